The van der Waals surface area contributed by atoms with Crippen molar-refractivity contribution in [1.29, 1.82) is 0 Å². The van der Waals surface area contributed by atoms with Gasteiger partial charge in [-0.15, -0.1) is 0 Å². The van der Waals surface area contributed by atoms with Crippen LogP contribution in [0.3, 0.4) is 0 Å². The SMILES string of the molecule is O=C(O)[C@@H](O)CCNS(=O)(=O)c1ccc(Br)c(F)c1. The number of aliphatic hydroxyl groups excluding tert-OH is 1. The summed E-state index contributed by atoms with van der Waals surface area (Å²) in [6.45, 7) is -0.270. The minimum absolute atomic E-state index is 0.132. The number of hydrogen-bond donors (Lipinski definition) is 3. The molecule has 1 rings (SSSR count). The first-order valence-electron chi connectivity index (χ1n) is 5.09. The molecule has 0 saturated heterocycles. The second-order valence-corrected chi connectivity index (χ2v) is 6.24. The van der Waals surface area contributed by atoms with Crippen LogP contribution < -0.4 is 4.72 Å². The molecule has 3 N–H and O–H groups in total. The van der Waals surface area contributed by atoms with Gasteiger partial charge in [0, 0.05) is 6.54 Å². The van der Waals surface area contributed by atoms with Crippen molar-refractivity contribution in [3.63, 3.8) is 0 Å². The van der Waals surface area contributed by atoms with E-state index < -0.39 is 27.9 Å². The number of carbonyl (C=O) groups is 1. The third-order valence-electron chi connectivity index (χ3n) is 2.20. The first-order valence-corrected chi connectivity index (χ1v) is 7.37. The predicted molar refractivity (Wildman–Crippen MR) is 67.5 cm³/mol. The molecule has 0 aromatic heterocycles. The van der Waals surface area contributed by atoms with Gasteiger partial charge in [-0.1, -0.05) is 0 Å². The van der Waals surface area contributed by atoms with E-state index in [0.717, 1.165) is 6.07 Å². The highest BCUT2D eigenvalue weighted by molar-refractivity contribution is 9.10. The Morgan fingerprint density at radius 3 is 2.63 bits per heavy atom. The van der Waals surface area contributed by atoms with Crippen molar-refractivity contribution < 1.29 is 27.8 Å². The molecule has 0 spiro atoms. The molecule has 0 heterocycles. The van der Waals surface area contributed by atoms with Gasteiger partial charge in [0.05, 0.1) is 9.37 Å². The van der Waals surface area contributed by atoms with E-state index in [-0.39, 0.29) is 22.3 Å². The molecule has 0 aliphatic heterocycles. The minimum atomic E-state index is -3.94. The van der Waals surface area contributed by atoms with Crippen molar-refractivity contribution >= 4 is 31.9 Å². The van der Waals surface area contributed by atoms with Crippen LogP contribution in [-0.4, -0.2) is 37.2 Å². The molecule has 106 valence electrons. The summed E-state index contributed by atoms with van der Waals surface area (Å²) in [6.07, 6.45) is -1.93. The molecule has 0 bridgehead atoms. The molecule has 0 radical (unpaired) electrons. The maximum absolute atomic E-state index is 13.2. The van der Waals surface area contributed by atoms with Crippen molar-refractivity contribution in [3.05, 3.63) is 28.5 Å². The number of aliphatic carboxylic acids is 1. The maximum atomic E-state index is 13.2. The monoisotopic (exact) mass is 355 g/mol. The van der Waals surface area contributed by atoms with E-state index in [4.69, 9.17) is 10.2 Å². The van der Waals surface area contributed by atoms with E-state index in [1.807, 2.05) is 0 Å². The third kappa shape index (κ3) is 4.53. The lowest BCUT2D eigenvalue weighted by atomic mass is 10.3. The average molecular weight is 356 g/mol. The molecule has 19 heavy (non-hydrogen) atoms. The molecule has 0 unspecified atom stereocenters. The van der Waals surface area contributed by atoms with Crippen molar-refractivity contribution in [2.45, 2.75) is 17.4 Å². The molecular weight excluding hydrogens is 345 g/mol. The average Bonchev–Trinajstić information content (AvgIpc) is 2.32. The van der Waals surface area contributed by atoms with Gasteiger partial charge in [-0.2, -0.15) is 0 Å². The number of carboxylic acid groups (broad SMARTS) is 1. The summed E-state index contributed by atoms with van der Waals surface area (Å²) in [5.74, 6) is -2.16. The standard InChI is InChI=1S/C10H11BrFNO5S/c11-7-2-1-6(5-8(7)12)19(17,18)13-4-3-9(14)10(15)16/h1-2,5,9,13-14H,3-4H2,(H,15,16)/t9-/m0/s1. The lowest BCUT2D eigenvalue weighted by Crippen LogP contribution is -2.30. The Bertz CT molecular complexity index is 577. The van der Waals surface area contributed by atoms with Crippen LogP contribution in [0.1, 0.15) is 6.42 Å². The fraction of sp³-hybridized carbons (Fsp3) is 0.300. The summed E-state index contributed by atoms with van der Waals surface area (Å²) in [5.41, 5.74) is 0. The maximum Gasteiger partial charge on any atom is 0.332 e. The molecule has 1 atom stereocenters. The molecule has 0 aliphatic rings. The van der Waals surface area contributed by atoms with Gasteiger partial charge in [0.2, 0.25) is 10.0 Å². The number of sulfonamides is 1. The Morgan fingerprint density at radius 2 is 2.11 bits per heavy atom. The van der Waals surface area contributed by atoms with Gasteiger partial charge in [0.25, 0.3) is 0 Å². The Balaban J connectivity index is 2.71. The van der Waals surface area contributed by atoms with Crippen LogP contribution in [0.2, 0.25) is 0 Å². The molecule has 6 nitrogen and oxygen atoms in total. The van der Waals surface area contributed by atoms with Crippen molar-refractivity contribution in [1.82, 2.24) is 4.72 Å². The van der Waals surface area contributed by atoms with Crippen molar-refractivity contribution in [2.75, 3.05) is 6.54 Å². The summed E-state index contributed by atoms with van der Waals surface area (Å²) in [7, 11) is -3.94. The van der Waals surface area contributed by atoms with Crippen LogP contribution in [0, 0.1) is 5.82 Å². The zero-order valence-electron chi connectivity index (χ0n) is 9.51. The van der Waals surface area contributed by atoms with E-state index in [0.29, 0.717) is 0 Å². The van der Waals surface area contributed by atoms with Crippen LogP contribution in [-0.2, 0) is 14.8 Å². The topological polar surface area (TPSA) is 104 Å². The van der Waals surface area contributed by atoms with Gasteiger partial charge in [-0.25, -0.2) is 22.3 Å². The van der Waals surface area contributed by atoms with Gasteiger partial charge in [0.15, 0.2) is 6.10 Å². The second-order valence-electron chi connectivity index (χ2n) is 3.62. The van der Waals surface area contributed by atoms with Crippen LogP contribution in [0.4, 0.5) is 4.39 Å². The molecule has 1 aromatic carbocycles. The highest BCUT2D eigenvalue weighted by atomic mass is 79.9. The normalized spacial score (nSPS) is 13.2. The summed E-state index contributed by atoms with van der Waals surface area (Å²) >= 11 is 2.90. The van der Waals surface area contributed by atoms with E-state index in [1.54, 1.807) is 0 Å². The minimum Gasteiger partial charge on any atom is -0.479 e. The second kappa shape index (κ2) is 6.42. The lowest BCUT2D eigenvalue weighted by molar-refractivity contribution is -0.146. The third-order valence-corrected chi connectivity index (χ3v) is 4.30. The summed E-state index contributed by atoms with van der Waals surface area (Å²) in [4.78, 5) is 10.0. The molecule has 9 heteroatoms. The quantitative estimate of drug-likeness (QED) is 0.696. The van der Waals surface area contributed by atoms with Crippen molar-refractivity contribution in [2.24, 2.45) is 0 Å². The first-order chi connectivity index (χ1) is 8.74. The Morgan fingerprint density at radius 1 is 1.47 bits per heavy atom. The number of halogens is 2. The van der Waals surface area contributed by atoms with Gasteiger partial charge in [0.1, 0.15) is 5.82 Å². The van der Waals surface area contributed by atoms with Crippen LogP contribution in [0.25, 0.3) is 0 Å². The Labute approximate surface area is 117 Å². The van der Waals surface area contributed by atoms with Gasteiger partial charge in [-0.3, -0.25) is 0 Å². The molecule has 1 aromatic rings. The number of rotatable bonds is 6. The number of hydrogen-bond acceptors (Lipinski definition) is 4. The highest BCUT2D eigenvalue weighted by Gasteiger charge is 2.18. The molecule has 0 fully saturated rings. The summed E-state index contributed by atoms with van der Waals surface area (Å²) in [5, 5.41) is 17.4. The van der Waals surface area contributed by atoms with E-state index >= 15 is 0 Å². The van der Waals surface area contributed by atoms with Crippen molar-refractivity contribution in [3.8, 4) is 0 Å². The van der Waals surface area contributed by atoms with Gasteiger partial charge < -0.3 is 10.2 Å². The molecule has 0 saturated carbocycles. The Kier molecular flexibility index (Phi) is 5.41. The smallest absolute Gasteiger partial charge is 0.332 e. The zero-order valence-corrected chi connectivity index (χ0v) is 11.9. The fourth-order valence-electron chi connectivity index (χ4n) is 1.18. The highest BCUT2D eigenvalue weighted by Crippen LogP contribution is 2.19. The molecule has 0 aliphatic carbocycles. The number of carboxylic acids is 1. The van der Waals surface area contributed by atoms with Crippen LogP contribution >= 0.6 is 15.9 Å². The predicted octanol–water partition coefficient (Wildman–Crippen LogP) is 0.702. The number of benzene rings is 1. The van der Waals surface area contributed by atoms with Gasteiger partial charge in [-0.05, 0) is 40.5 Å². The zero-order chi connectivity index (χ0) is 14.6. The fourth-order valence-corrected chi connectivity index (χ4v) is 2.49. The van der Waals surface area contributed by atoms with Crippen LogP contribution in [0.5, 0.6) is 0 Å². The molecule has 0 amide bonds. The van der Waals surface area contributed by atoms with Gasteiger partial charge >= 0.3 is 5.97 Å². The van der Waals surface area contributed by atoms with Crippen LogP contribution in [0.15, 0.2) is 27.6 Å². The molecular formula is C10H11BrFNO5S. The van der Waals surface area contributed by atoms with E-state index in [2.05, 4.69) is 20.7 Å². The summed E-state index contributed by atoms with van der Waals surface area (Å²) in [6, 6.07) is 3.28. The first kappa shape index (κ1) is 16.0. The van der Waals surface area contributed by atoms with E-state index in [9.17, 15) is 17.6 Å². The number of aliphatic hydroxyl groups is 1. The Hall–Kier alpha value is -1.03. The lowest BCUT2D eigenvalue weighted by Gasteiger charge is -2.08. The largest absolute Gasteiger partial charge is 0.479 e. The number of nitrogens with one attached hydrogen (secondary N) is 1. The summed E-state index contributed by atoms with van der Waals surface area (Å²) < 4.78 is 38.9. The van der Waals surface area contributed by atoms with E-state index in [1.165, 1.54) is 12.1 Å².